The molecule has 1 aromatic heterocycles. The van der Waals surface area contributed by atoms with Gasteiger partial charge in [0.15, 0.2) is 5.82 Å². The standard InChI is InChI=1S/C13H18N4/c1-9-5-10(2)8-17(7-9)13-12(15)11(6-14)3-4-16-13/h3-4,9-10H,5,7-8,15H2,1-2H3. The molecule has 4 heteroatoms. The topological polar surface area (TPSA) is 65.9 Å². The maximum Gasteiger partial charge on any atom is 0.153 e. The summed E-state index contributed by atoms with van der Waals surface area (Å²) in [6.45, 7) is 6.42. The largest absolute Gasteiger partial charge is 0.395 e. The lowest BCUT2D eigenvalue weighted by molar-refractivity contribution is 0.355. The van der Waals surface area contributed by atoms with Crippen molar-refractivity contribution < 1.29 is 0 Å². The van der Waals surface area contributed by atoms with Crippen LogP contribution < -0.4 is 10.6 Å². The van der Waals surface area contributed by atoms with E-state index in [0.29, 0.717) is 23.1 Å². The summed E-state index contributed by atoms with van der Waals surface area (Å²) in [7, 11) is 0. The summed E-state index contributed by atoms with van der Waals surface area (Å²) in [6, 6.07) is 3.77. The van der Waals surface area contributed by atoms with Gasteiger partial charge in [-0.3, -0.25) is 0 Å². The number of piperidine rings is 1. The van der Waals surface area contributed by atoms with Gasteiger partial charge in [0, 0.05) is 19.3 Å². The van der Waals surface area contributed by atoms with Crippen LogP contribution in [0.1, 0.15) is 25.8 Å². The number of nitrogens with two attached hydrogens (primary N) is 1. The summed E-state index contributed by atoms with van der Waals surface area (Å²) in [5.41, 5.74) is 7.01. The number of hydrogen-bond acceptors (Lipinski definition) is 4. The van der Waals surface area contributed by atoms with Gasteiger partial charge in [0.2, 0.25) is 0 Å². The lowest BCUT2D eigenvalue weighted by atomic mass is 9.92. The second kappa shape index (κ2) is 4.62. The molecule has 2 unspecified atom stereocenters. The molecule has 0 radical (unpaired) electrons. The van der Waals surface area contributed by atoms with Gasteiger partial charge in [0.1, 0.15) is 6.07 Å². The van der Waals surface area contributed by atoms with Crippen LogP contribution in [0.15, 0.2) is 12.3 Å². The molecule has 90 valence electrons. The highest BCUT2D eigenvalue weighted by molar-refractivity contribution is 5.70. The van der Waals surface area contributed by atoms with E-state index in [9.17, 15) is 0 Å². The molecule has 0 spiro atoms. The smallest absolute Gasteiger partial charge is 0.153 e. The number of aromatic nitrogens is 1. The van der Waals surface area contributed by atoms with Crippen LogP contribution in [0.3, 0.4) is 0 Å². The molecule has 1 aliphatic rings. The zero-order valence-corrected chi connectivity index (χ0v) is 10.3. The van der Waals surface area contributed by atoms with Gasteiger partial charge in [-0.25, -0.2) is 4.98 Å². The second-order valence-electron chi connectivity index (χ2n) is 5.06. The first-order chi connectivity index (χ1) is 8.11. The van der Waals surface area contributed by atoms with Crippen molar-refractivity contribution in [3.05, 3.63) is 17.8 Å². The van der Waals surface area contributed by atoms with Crippen molar-refractivity contribution in [2.24, 2.45) is 11.8 Å². The van der Waals surface area contributed by atoms with E-state index in [1.54, 1.807) is 12.3 Å². The Labute approximate surface area is 102 Å². The zero-order valence-electron chi connectivity index (χ0n) is 10.3. The third kappa shape index (κ3) is 2.33. The lowest BCUT2D eigenvalue weighted by Crippen LogP contribution is -2.39. The lowest BCUT2D eigenvalue weighted by Gasteiger charge is -2.36. The third-order valence-corrected chi connectivity index (χ3v) is 3.26. The summed E-state index contributed by atoms with van der Waals surface area (Å²) < 4.78 is 0. The SMILES string of the molecule is CC1CC(C)CN(c2nccc(C#N)c2N)C1. The molecule has 4 nitrogen and oxygen atoms in total. The first-order valence-electron chi connectivity index (χ1n) is 6.01. The normalized spacial score (nSPS) is 24.4. The van der Waals surface area contributed by atoms with Crippen molar-refractivity contribution in [1.29, 1.82) is 5.26 Å². The van der Waals surface area contributed by atoms with Crippen molar-refractivity contribution >= 4 is 11.5 Å². The monoisotopic (exact) mass is 230 g/mol. The van der Waals surface area contributed by atoms with Crippen molar-refractivity contribution in [1.82, 2.24) is 4.98 Å². The Morgan fingerprint density at radius 3 is 2.65 bits per heavy atom. The molecule has 17 heavy (non-hydrogen) atoms. The molecule has 2 heterocycles. The van der Waals surface area contributed by atoms with Gasteiger partial charge in [-0.15, -0.1) is 0 Å². The number of nitrogens with zero attached hydrogens (tertiary/aromatic N) is 3. The molecular formula is C13H18N4. The van der Waals surface area contributed by atoms with Crippen LogP contribution in [0, 0.1) is 23.2 Å². The van der Waals surface area contributed by atoms with Crippen LogP contribution >= 0.6 is 0 Å². The van der Waals surface area contributed by atoms with Gasteiger partial charge in [0.05, 0.1) is 11.3 Å². The van der Waals surface area contributed by atoms with Crippen LogP contribution in [0.25, 0.3) is 0 Å². The molecule has 1 fully saturated rings. The van der Waals surface area contributed by atoms with E-state index < -0.39 is 0 Å². The Morgan fingerprint density at radius 1 is 1.41 bits per heavy atom. The second-order valence-corrected chi connectivity index (χ2v) is 5.06. The van der Waals surface area contributed by atoms with E-state index >= 15 is 0 Å². The van der Waals surface area contributed by atoms with Crippen molar-refractivity contribution in [2.75, 3.05) is 23.7 Å². The Morgan fingerprint density at radius 2 is 2.06 bits per heavy atom. The van der Waals surface area contributed by atoms with Gasteiger partial charge in [0.25, 0.3) is 0 Å². The summed E-state index contributed by atoms with van der Waals surface area (Å²) in [4.78, 5) is 6.53. The minimum atomic E-state index is 0.510. The van der Waals surface area contributed by atoms with E-state index in [-0.39, 0.29) is 0 Å². The Kier molecular flexibility index (Phi) is 3.19. The number of hydrogen-bond donors (Lipinski definition) is 1. The van der Waals surface area contributed by atoms with Crippen molar-refractivity contribution in [3.63, 3.8) is 0 Å². The van der Waals surface area contributed by atoms with Gasteiger partial charge < -0.3 is 10.6 Å². The number of pyridine rings is 1. The fraction of sp³-hybridized carbons (Fsp3) is 0.538. The molecule has 0 aliphatic carbocycles. The maximum absolute atomic E-state index is 8.97. The average Bonchev–Trinajstić information content (AvgIpc) is 2.28. The fourth-order valence-electron chi connectivity index (χ4n) is 2.65. The van der Waals surface area contributed by atoms with Crippen molar-refractivity contribution in [3.8, 4) is 6.07 Å². The summed E-state index contributed by atoms with van der Waals surface area (Å²) in [5.74, 6) is 2.05. The fourth-order valence-corrected chi connectivity index (χ4v) is 2.65. The summed E-state index contributed by atoms with van der Waals surface area (Å²) in [6.07, 6.45) is 2.91. The summed E-state index contributed by atoms with van der Waals surface area (Å²) in [5, 5.41) is 8.97. The van der Waals surface area contributed by atoms with E-state index in [1.165, 1.54) is 6.42 Å². The van der Waals surface area contributed by atoms with Gasteiger partial charge in [-0.1, -0.05) is 13.8 Å². The van der Waals surface area contributed by atoms with Gasteiger partial charge in [-0.2, -0.15) is 5.26 Å². The number of nitriles is 1. The molecule has 2 atom stereocenters. The number of rotatable bonds is 1. The maximum atomic E-state index is 8.97. The molecule has 0 aromatic carbocycles. The molecular weight excluding hydrogens is 212 g/mol. The average molecular weight is 230 g/mol. The summed E-state index contributed by atoms with van der Waals surface area (Å²) >= 11 is 0. The Hall–Kier alpha value is -1.76. The van der Waals surface area contributed by atoms with E-state index in [2.05, 4.69) is 29.8 Å². The quantitative estimate of drug-likeness (QED) is 0.801. The van der Waals surface area contributed by atoms with Gasteiger partial charge >= 0.3 is 0 Å². The number of nitrogen functional groups attached to an aromatic ring is 1. The highest BCUT2D eigenvalue weighted by Crippen LogP contribution is 2.29. The minimum Gasteiger partial charge on any atom is -0.395 e. The Bertz CT molecular complexity index is 439. The van der Waals surface area contributed by atoms with Crippen LogP contribution in [0.5, 0.6) is 0 Å². The molecule has 1 aliphatic heterocycles. The molecule has 1 saturated heterocycles. The first-order valence-corrected chi connectivity index (χ1v) is 6.01. The molecule has 0 saturated carbocycles. The highest BCUT2D eigenvalue weighted by Gasteiger charge is 2.24. The van der Waals surface area contributed by atoms with Gasteiger partial charge in [-0.05, 0) is 24.3 Å². The molecule has 1 aromatic rings. The minimum absolute atomic E-state index is 0.510. The predicted octanol–water partition coefficient (Wildman–Crippen LogP) is 2.02. The van der Waals surface area contributed by atoms with Crippen LogP contribution in [0.2, 0.25) is 0 Å². The Balaban J connectivity index is 2.31. The molecule has 0 amide bonds. The van der Waals surface area contributed by atoms with Crippen molar-refractivity contribution in [2.45, 2.75) is 20.3 Å². The molecule has 2 rings (SSSR count). The highest BCUT2D eigenvalue weighted by atomic mass is 15.2. The molecule has 2 N–H and O–H groups in total. The first kappa shape index (κ1) is 11.7. The number of anilines is 2. The van der Waals surface area contributed by atoms with Crippen LogP contribution in [-0.4, -0.2) is 18.1 Å². The third-order valence-electron chi connectivity index (χ3n) is 3.26. The zero-order chi connectivity index (χ0) is 12.4. The van der Waals surface area contributed by atoms with E-state index in [0.717, 1.165) is 18.9 Å². The van der Waals surface area contributed by atoms with E-state index in [4.69, 9.17) is 11.0 Å². The van der Waals surface area contributed by atoms with Crippen LogP contribution in [0.4, 0.5) is 11.5 Å². The van der Waals surface area contributed by atoms with E-state index in [1.807, 2.05) is 0 Å². The van der Waals surface area contributed by atoms with Crippen LogP contribution in [-0.2, 0) is 0 Å². The molecule has 0 bridgehead atoms. The predicted molar refractivity (Wildman–Crippen MR) is 68.5 cm³/mol.